The first kappa shape index (κ1) is 19.7. The summed E-state index contributed by atoms with van der Waals surface area (Å²) in [4.78, 5) is 23.6. The van der Waals surface area contributed by atoms with Gasteiger partial charge in [-0.1, -0.05) is 49.4 Å². The summed E-state index contributed by atoms with van der Waals surface area (Å²) < 4.78 is 23.1. The topological polar surface area (TPSA) is 101 Å². The fraction of sp³-hybridized carbons (Fsp3) is 0.263. The van der Waals surface area contributed by atoms with Crippen LogP contribution < -0.4 is 5.32 Å². The van der Waals surface area contributed by atoms with Gasteiger partial charge < -0.3 is 10.4 Å². The SMILES string of the molecule is CCS(=O)(=O)CCC(NC(=O)c1ccc(-c2ccccc2)cc1)C(=O)O. The van der Waals surface area contributed by atoms with E-state index < -0.39 is 27.8 Å². The monoisotopic (exact) mass is 375 g/mol. The molecule has 0 saturated heterocycles. The predicted octanol–water partition coefficient (Wildman–Crippen LogP) is 2.36. The van der Waals surface area contributed by atoms with Gasteiger partial charge in [0.1, 0.15) is 15.9 Å². The minimum atomic E-state index is -3.30. The highest BCUT2D eigenvalue weighted by molar-refractivity contribution is 7.91. The fourth-order valence-corrected chi connectivity index (χ4v) is 3.27. The molecule has 2 aromatic carbocycles. The number of hydrogen-bond donors (Lipinski definition) is 2. The molecule has 7 heteroatoms. The normalized spacial score (nSPS) is 12.3. The molecule has 0 aliphatic heterocycles. The van der Waals surface area contributed by atoms with Gasteiger partial charge in [0.2, 0.25) is 0 Å². The van der Waals surface area contributed by atoms with E-state index in [4.69, 9.17) is 0 Å². The van der Waals surface area contributed by atoms with Crippen LogP contribution in [0.4, 0.5) is 0 Å². The molecule has 2 aromatic rings. The van der Waals surface area contributed by atoms with Crippen LogP contribution in [0, 0.1) is 0 Å². The van der Waals surface area contributed by atoms with Crippen molar-refractivity contribution in [3.63, 3.8) is 0 Å². The highest BCUT2D eigenvalue weighted by atomic mass is 32.2. The second-order valence-corrected chi connectivity index (χ2v) is 8.31. The van der Waals surface area contributed by atoms with Gasteiger partial charge in [-0.25, -0.2) is 13.2 Å². The Bertz CT molecular complexity index is 861. The summed E-state index contributed by atoms with van der Waals surface area (Å²) in [6, 6.07) is 15.2. The zero-order valence-corrected chi connectivity index (χ0v) is 15.2. The standard InChI is InChI=1S/C19H21NO5S/c1-2-26(24,25)13-12-17(19(22)23)20-18(21)16-10-8-15(9-11-16)14-6-4-3-5-7-14/h3-11,17H,2,12-13H2,1H3,(H,20,21)(H,22,23). The minimum absolute atomic E-state index is 0.0613. The van der Waals surface area contributed by atoms with Crippen molar-refractivity contribution in [1.82, 2.24) is 5.32 Å². The number of sulfone groups is 1. The Hall–Kier alpha value is -2.67. The van der Waals surface area contributed by atoms with E-state index in [1.807, 2.05) is 30.3 Å². The van der Waals surface area contributed by atoms with Crippen LogP contribution in [-0.4, -0.2) is 42.9 Å². The van der Waals surface area contributed by atoms with Gasteiger partial charge in [-0.05, 0) is 29.7 Å². The van der Waals surface area contributed by atoms with Gasteiger partial charge in [0.05, 0.1) is 5.75 Å². The van der Waals surface area contributed by atoms with Gasteiger partial charge in [0, 0.05) is 11.3 Å². The van der Waals surface area contributed by atoms with Crippen molar-refractivity contribution >= 4 is 21.7 Å². The molecule has 1 unspecified atom stereocenters. The number of rotatable bonds is 8. The fourth-order valence-electron chi connectivity index (χ4n) is 2.39. The molecule has 0 aromatic heterocycles. The molecule has 0 aliphatic rings. The van der Waals surface area contributed by atoms with Crippen molar-refractivity contribution in [1.29, 1.82) is 0 Å². The highest BCUT2D eigenvalue weighted by Gasteiger charge is 2.23. The average Bonchev–Trinajstić information content (AvgIpc) is 2.65. The van der Waals surface area contributed by atoms with Crippen LogP contribution in [0.3, 0.4) is 0 Å². The van der Waals surface area contributed by atoms with Crippen LogP contribution in [0.5, 0.6) is 0 Å². The third-order valence-corrected chi connectivity index (χ3v) is 5.75. The van der Waals surface area contributed by atoms with E-state index in [2.05, 4.69) is 5.32 Å². The number of benzene rings is 2. The van der Waals surface area contributed by atoms with Gasteiger partial charge in [-0.2, -0.15) is 0 Å². The Morgan fingerprint density at radius 2 is 1.58 bits per heavy atom. The van der Waals surface area contributed by atoms with Gasteiger partial charge in [0.25, 0.3) is 5.91 Å². The van der Waals surface area contributed by atoms with E-state index in [9.17, 15) is 23.1 Å². The minimum Gasteiger partial charge on any atom is -0.480 e. The molecule has 0 heterocycles. The summed E-state index contributed by atoms with van der Waals surface area (Å²) in [6.07, 6.45) is -0.167. The summed E-state index contributed by atoms with van der Waals surface area (Å²) in [7, 11) is -3.30. The van der Waals surface area contributed by atoms with E-state index in [1.54, 1.807) is 24.3 Å². The first-order valence-corrected chi connectivity index (χ1v) is 10.0. The lowest BCUT2D eigenvalue weighted by molar-refractivity contribution is -0.139. The molecule has 1 amide bonds. The quantitative estimate of drug-likeness (QED) is 0.738. The molecule has 138 valence electrons. The van der Waals surface area contributed by atoms with Gasteiger partial charge in [0.15, 0.2) is 0 Å². The third-order valence-electron chi connectivity index (χ3n) is 4.01. The van der Waals surface area contributed by atoms with Crippen molar-refractivity contribution in [2.24, 2.45) is 0 Å². The molecule has 26 heavy (non-hydrogen) atoms. The van der Waals surface area contributed by atoms with Crippen LogP contribution in [0.1, 0.15) is 23.7 Å². The lowest BCUT2D eigenvalue weighted by Gasteiger charge is -2.14. The molecule has 1 atom stereocenters. The lowest BCUT2D eigenvalue weighted by Crippen LogP contribution is -2.42. The Morgan fingerprint density at radius 3 is 2.12 bits per heavy atom. The summed E-state index contributed by atoms with van der Waals surface area (Å²) in [5, 5.41) is 11.6. The van der Waals surface area contributed by atoms with Crippen LogP contribution in [0.25, 0.3) is 11.1 Å². The van der Waals surface area contributed by atoms with Crippen molar-refractivity contribution in [2.75, 3.05) is 11.5 Å². The number of aliphatic carboxylic acids is 1. The van der Waals surface area contributed by atoms with Crippen molar-refractivity contribution in [3.8, 4) is 11.1 Å². The largest absolute Gasteiger partial charge is 0.480 e. The van der Waals surface area contributed by atoms with Crippen LogP contribution in [0.2, 0.25) is 0 Å². The van der Waals surface area contributed by atoms with Gasteiger partial charge >= 0.3 is 5.97 Å². The second kappa shape index (κ2) is 8.62. The first-order valence-electron chi connectivity index (χ1n) is 8.22. The molecule has 0 saturated carbocycles. The Morgan fingerprint density at radius 1 is 1.00 bits per heavy atom. The molecule has 0 bridgehead atoms. The van der Waals surface area contributed by atoms with Crippen LogP contribution >= 0.6 is 0 Å². The van der Waals surface area contributed by atoms with E-state index in [1.165, 1.54) is 6.92 Å². The maximum Gasteiger partial charge on any atom is 0.326 e. The molecule has 0 radical (unpaired) electrons. The Labute approximate surface area is 152 Å². The summed E-state index contributed by atoms with van der Waals surface area (Å²) >= 11 is 0. The molecule has 2 N–H and O–H groups in total. The van der Waals surface area contributed by atoms with E-state index in [0.717, 1.165) is 11.1 Å². The Balaban J connectivity index is 2.06. The molecule has 6 nitrogen and oxygen atoms in total. The maximum absolute atomic E-state index is 12.3. The van der Waals surface area contributed by atoms with E-state index >= 15 is 0 Å². The molecule has 0 fully saturated rings. The first-order chi connectivity index (χ1) is 12.3. The number of carboxylic acid groups (broad SMARTS) is 1. The zero-order chi connectivity index (χ0) is 19.2. The summed E-state index contributed by atoms with van der Waals surface area (Å²) in [6.45, 7) is 1.50. The average molecular weight is 375 g/mol. The molecule has 0 spiro atoms. The number of carbonyl (C=O) groups is 2. The lowest BCUT2D eigenvalue weighted by atomic mass is 10.0. The molecular weight excluding hydrogens is 354 g/mol. The third kappa shape index (κ3) is 5.42. The molecular formula is C19H21NO5S. The zero-order valence-electron chi connectivity index (χ0n) is 14.4. The predicted molar refractivity (Wildman–Crippen MR) is 99.7 cm³/mol. The van der Waals surface area contributed by atoms with Gasteiger partial charge in [-0.15, -0.1) is 0 Å². The molecule has 0 aliphatic carbocycles. The smallest absolute Gasteiger partial charge is 0.326 e. The van der Waals surface area contributed by atoms with Gasteiger partial charge in [-0.3, -0.25) is 4.79 Å². The number of carboxylic acids is 1. The Kier molecular flexibility index (Phi) is 6.52. The van der Waals surface area contributed by atoms with Crippen molar-refractivity contribution < 1.29 is 23.1 Å². The number of amides is 1. The summed E-state index contributed by atoms with van der Waals surface area (Å²) in [5.41, 5.74) is 2.26. The van der Waals surface area contributed by atoms with Crippen LogP contribution in [0.15, 0.2) is 54.6 Å². The van der Waals surface area contributed by atoms with E-state index in [-0.39, 0.29) is 17.9 Å². The molecule has 2 rings (SSSR count). The van der Waals surface area contributed by atoms with Crippen molar-refractivity contribution in [3.05, 3.63) is 60.2 Å². The number of nitrogens with one attached hydrogen (secondary N) is 1. The summed E-state index contributed by atoms with van der Waals surface area (Å²) in [5.74, 6) is -2.15. The second-order valence-electron chi connectivity index (χ2n) is 5.83. The van der Waals surface area contributed by atoms with E-state index in [0.29, 0.717) is 5.56 Å². The van der Waals surface area contributed by atoms with Crippen molar-refractivity contribution in [2.45, 2.75) is 19.4 Å². The maximum atomic E-state index is 12.3. The number of hydrogen-bond acceptors (Lipinski definition) is 4. The highest BCUT2D eigenvalue weighted by Crippen LogP contribution is 2.19. The van der Waals surface area contributed by atoms with Crippen LogP contribution in [-0.2, 0) is 14.6 Å². The number of carbonyl (C=O) groups excluding carboxylic acids is 1.